The summed E-state index contributed by atoms with van der Waals surface area (Å²) in [5.41, 5.74) is 0.995. The van der Waals surface area contributed by atoms with Gasteiger partial charge in [0.15, 0.2) is 6.61 Å². The molecule has 140 valence electrons. The molecule has 8 nitrogen and oxygen atoms in total. The van der Waals surface area contributed by atoms with E-state index in [-0.39, 0.29) is 18.6 Å². The second-order valence-corrected chi connectivity index (χ2v) is 6.51. The maximum absolute atomic E-state index is 12.1. The van der Waals surface area contributed by atoms with E-state index >= 15 is 0 Å². The highest BCUT2D eigenvalue weighted by Crippen LogP contribution is 2.33. The van der Waals surface area contributed by atoms with Crippen molar-refractivity contribution in [2.45, 2.75) is 25.8 Å². The molecule has 1 aromatic rings. The number of hydrogen-bond donors (Lipinski definition) is 2. The van der Waals surface area contributed by atoms with Crippen LogP contribution in [0.1, 0.15) is 19.8 Å². The molecule has 26 heavy (non-hydrogen) atoms. The van der Waals surface area contributed by atoms with Crippen molar-refractivity contribution in [1.29, 1.82) is 0 Å². The number of hydrogen-bond acceptors (Lipinski definition) is 5. The average molecular weight is 360 g/mol. The van der Waals surface area contributed by atoms with Crippen LogP contribution in [-0.4, -0.2) is 62.0 Å². The van der Waals surface area contributed by atoms with E-state index in [0.29, 0.717) is 23.7 Å². The number of carbonyl (C=O) groups excluding carboxylic acids is 3. The first-order chi connectivity index (χ1) is 12.5. The van der Waals surface area contributed by atoms with Gasteiger partial charge >= 0.3 is 11.8 Å². The number of carbonyl (C=O) groups is 3. The summed E-state index contributed by atoms with van der Waals surface area (Å²) in [7, 11) is 1.64. The molecule has 3 rings (SSSR count). The predicted octanol–water partition coefficient (Wildman–Crippen LogP) is 0.581. The van der Waals surface area contributed by atoms with Crippen LogP contribution in [0.5, 0.6) is 5.75 Å². The zero-order chi connectivity index (χ0) is 18.7. The van der Waals surface area contributed by atoms with E-state index in [1.54, 1.807) is 25.2 Å². The Labute approximate surface area is 152 Å². The molecule has 1 aromatic carbocycles. The van der Waals surface area contributed by atoms with Crippen LogP contribution in [0.15, 0.2) is 18.2 Å². The highest BCUT2D eigenvalue weighted by atomic mass is 16.5. The Bertz CT molecular complexity index is 721. The highest BCUT2D eigenvalue weighted by Gasteiger charge is 2.25. The van der Waals surface area contributed by atoms with Gasteiger partial charge in [0, 0.05) is 25.3 Å². The average Bonchev–Trinajstić information content (AvgIpc) is 3.10. The first-order valence-corrected chi connectivity index (χ1v) is 8.86. The summed E-state index contributed by atoms with van der Waals surface area (Å²) in [5, 5.41) is 5.27. The Morgan fingerprint density at radius 1 is 1.31 bits per heavy atom. The summed E-state index contributed by atoms with van der Waals surface area (Å²) in [6.07, 6.45) is 2.14. The quantitative estimate of drug-likeness (QED) is 0.767. The SMILES string of the molecule is CCN1CCCC1CNC(=O)C(=O)Nc1ccc2c(c1)N(C)C(=O)CO2. The molecule has 0 radical (unpaired) electrons. The molecule has 1 atom stereocenters. The summed E-state index contributed by atoms with van der Waals surface area (Å²) in [6, 6.07) is 5.22. The third kappa shape index (κ3) is 3.80. The van der Waals surface area contributed by atoms with Crippen LogP contribution >= 0.6 is 0 Å². The van der Waals surface area contributed by atoms with E-state index in [4.69, 9.17) is 4.74 Å². The second-order valence-electron chi connectivity index (χ2n) is 6.51. The monoisotopic (exact) mass is 360 g/mol. The van der Waals surface area contributed by atoms with E-state index in [9.17, 15) is 14.4 Å². The van der Waals surface area contributed by atoms with Crippen molar-refractivity contribution in [3.8, 4) is 5.75 Å². The van der Waals surface area contributed by atoms with Crippen molar-refractivity contribution < 1.29 is 19.1 Å². The Morgan fingerprint density at radius 3 is 2.88 bits per heavy atom. The minimum atomic E-state index is -0.725. The normalized spacial score (nSPS) is 19.7. The standard InChI is InChI=1S/C18H24N4O4/c1-3-22-8-4-5-13(22)10-19-17(24)18(25)20-12-6-7-15-14(9-12)21(2)16(23)11-26-15/h6-7,9,13H,3-5,8,10-11H2,1-2H3,(H,19,24)(H,20,25). The van der Waals surface area contributed by atoms with Crippen molar-refractivity contribution in [2.24, 2.45) is 0 Å². The minimum Gasteiger partial charge on any atom is -0.482 e. The summed E-state index contributed by atoms with van der Waals surface area (Å²) < 4.78 is 5.34. The van der Waals surface area contributed by atoms with Crippen molar-refractivity contribution in [3.05, 3.63) is 18.2 Å². The third-order valence-electron chi connectivity index (χ3n) is 4.91. The summed E-state index contributed by atoms with van der Waals surface area (Å²) in [6.45, 7) is 4.53. The molecule has 0 aromatic heterocycles. The number of benzene rings is 1. The van der Waals surface area contributed by atoms with Crippen molar-refractivity contribution in [3.63, 3.8) is 0 Å². The first-order valence-electron chi connectivity index (χ1n) is 8.86. The smallest absolute Gasteiger partial charge is 0.313 e. The summed E-state index contributed by atoms with van der Waals surface area (Å²) in [4.78, 5) is 39.7. The fourth-order valence-electron chi connectivity index (χ4n) is 3.37. The van der Waals surface area contributed by atoms with Crippen molar-refractivity contribution in [2.75, 3.05) is 43.5 Å². The summed E-state index contributed by atoms with van der Waals surface area (Å²) >= 11 is 0. The molecular weight excluding hydrogens is 336 g/mol. The largest absolute Gasteiger partial charge is 0.482 e. The Kier molecular flexibility index (Phi) is 5.41. The molecule has 2 heterocycles. The number of fused-ring (bicyclic) bond motifs is 1. The van der Waals surface area contributed by atoms with Gasteiger partial charge in [-0.05, 0) is 44.1 Å². The van der Waals surface area contributed by atoms with Crippen LogP contribution in [0.25, 0.3) is 0 Å². The van der Waals surface area contributed by atoms with Crippen LogP contribution in [0.4, 0.5) is 11.4 Å². The van der Waals surface area contributed by atoms with Gasteiger partial charge in [-0.3, -0.25) is 19.3 Å². The van der Waals surface area contributed by atoms with Crippen LogP contribution < -0.4 is 20.3 Å². The van der Waals surface area contributed by atoms with Gasteiger partial charge in [0.1, 0.15) is 5.75 Å². The summed E-state index contributed by atoms with van der Waals surface area (Å²) in [5.74, 6) is -0.991. The number of likely N-dealkylation sites (tertiary alicyclic amines) is 1. The lowest BCUT2D eigenvalue weighted by Gasteiger charge is -2.26. The number of rotatable bonds is 4. The van der Waals surface area contributed by atoms with E-state index in [1.165, 1.54) is 4.90 Å². The van der Waals surface area contributed by atoms with E-state index in [1.807, 2.05) is 0 Å². The lowest BCUT2D eigenvalue weighted by Crippen LogP contribution is -2.43. The van der Waals surface area contributed by atoms with Crippen LogP contribution in [-0.2, 0) is 14.4 Å². The maximum atomic E-state index is 12.1. The number of nitrogens with one attached hydrogen (secondary N) is 2. The zero-order valence-electron chi connectivity index (χ0n) is 15.1. The lowest BCUT2D eigenvalue weighted by molar-refractivity contribution is -0.136. The maximum Gasteiger partial charge on any atom is 0.313 e. The molecule has 0 spiro atoms. The number of likely N-dealkylation sites (N-methyl/N-ethyl adjacent to an activating group) is 2. The van der Waals surface area contributed by atoms with Gasteiger partial charge in [0.2, 0.25) is 0 Å². The fourth-order valence-corrected chi connectivity index (χ4v) is 3.37. The number of ether oxygens (including phenoxy) is 1. The molecule has 2 aliphatic heterocycles. The van der Waals surface area contributed by atoms with Gasteiger partial charge in [-0.2, -0.15) is 0 Å². The first kappa shape index (κ1) is 18.2. The molecule has 8 heteroatoms. The minimum absolute atomic E-state index is 0.00639. The van der Waals surface area contributed by atoms with Gasteiger partial charge in [-0.25, -0.2) is 0 Å². The fraction of sp³-hybridized carbons (Fsp3) is 0.500. The molecule has 1 unspecified atom stereocenters. The van der Waals surface area contributed by atoms with Gasteiger partial charge in [0.05, 0.1) is 5.69 Å². The molecular formula is C18H24N4O4. The number of nitrogens with zero attached hydrogens (tertiary/aromatic N) is 2. The molecule has 2 N–H and O–H groups in total. The molecule has 0 saturated carbocycles. The van der Waals surface area contributed by atoms with E-state index < -0.39 is 11.8 Å². The van der Waals surface area contributed by atoms with Crippen LogP contribution in [0.3, 0.4) is 0 Å². The lowest BCUT2D eigenvalue weighted by atomic mass is 10.2. The van der Waals surface area contributed by atoms with Gasteiger partial charge < -0.3 is 20.3 Å². The molecule has 1 saturated heterocycles. The Balaban J connectivity index is 1.57. The zero-order valence-corrected chi connectivity index (χ0v) is 15.1. The number of anilines is 2. The van der Waals surface area contributed by atoms with Crippen molar-refractivity contribution in [1.82, 2.24) is 10.2 Å². The second kappa shape index (κ2) is 7.74. The Morgan fingerprint density at radius 2 is 2.12 bits per heavy atom. The van der Waals surface area contributed by atoms with E-state index in [0.717, 1.165) is 25.9 Å². The molecule has 1 fully saturated rings. The predicted molar refractivity (Wildman–Crippen MR) is 97.3 cm³/mol. The van der Waals surface area contributed by atoms with Crippen LogP contribution in [0.2, 0.25) is 0 Å². The molecule has 3 amide bonds. The van der Waals surface area contributed by atoms with Gasteiger partial charge in [-0.1, -0.05) is 6.92 Å². The molecule has 2 aliphatic rings. The van der Waals surface area contributed by atoms with Gasteiger partial charge in [-0.15, -0.1) is 0 Å². The van der Waals surface area contributed by atoms with Crippen molar-refractivity contribution >= 4 is 29.1 Å². The topological polar surface area (TPSA) is 91.0 Å². The van der Waals surface area contributed by atoms with Gasteiger partial charge in [0.25, 0.3) is 5.91 Å². The van der Waals surface area contributed by atoms with E-state index in [2.05, 4.69) is 22.5 Å². The number of amides is 3. The highest BCUT2D eigenvalue weighted by molar-refractivity contribution is 6.39. The molecule has 0 bridgehead atoms. The Hall–Kier alpha value is -2.61. The molecule has 0 aliphatic carbocycles. The van der Waals surface area contributed by atoms with Crippen LogP contribution in [0, 0.1) is 0 Å². The third-order valence-corrected chi connectivity index (χ3v) is 4.91.